The van der Waals surface area contributed by atoms with Crippen molar-refractivity contribution in [1.29, 1.82) is 5.26 Å². The highest BCUT2D eigenvalue weighted by Crippen LogP contribution is 2.48. The average molecular weight is 573 g/mol. The number of halogens is 4. The molecule has 8 nitrogen and oxygen atoms in total. The number of alkyl halides is 1. The van der Waals surface area contributed by atoms with Crippen LogP contribution in [-0.4, -0.2) is 54.3 Å². The number of hydrogen-bond donors (Lipinski definition) is 2. The Bertz CT molecular complexity index is 1600. The van der Waals surface area contributed by atoms with Gasteiger partial charge in [0.05, 0.1) is 22.0 Å². The molecule has 40 heavy (non-hydrogen) atoms. The summed E-state index contributed by atoms with van der Waals surface area (Å²) < 4.78 is 59.4. The van der Waals surface area contributed by atoms with Crippen LogP contribution in [-0.2, 0) is 9.59 Å². The van der Waals surface area contributed by atoms with E-state index in [2.05, 4.69) is 12.0 Å². The van der Waals surface area contributed by atoms with Crippen LogP contribution in [0.5, 0.6) is 0 Å². The number of benzene rings is 2. The molecule has 0 bridgehead atoms. The highest BCUT2D eigenvalue weighted by Gasteiger charge is 2.37. The lowest BCUT2D eigenvalue weighted by Gasteiger charge is -2.40. The van der Waals surface area contributed by atoms with Gasteiger partial charge in [0, 0.05) is 42.7 Å². The summed E-state index contributed by atoms with van der Waals surface area (Å²) in [5.74, 6) is -3.32. The minimum Gasteiger partial charge on any atom is -0.389 e. The van der Waals surface area contributed by atoms with Crippen LogP contribution in [0.15, 0.2) is 30.6 Å². The Morgan fingerprint density at radius 3 is 2.75 bits per heavy atom. The van der Waals surface area contributed by atoms with E-state index in [4.69, 9.17) is 5.73 Å². The van der Waals surface area contributed by atoms with E-state index in [1.165, 1.54) is 26.9 Å². The number of nitrogens with one attached hydrogen (secondary N) is 1. The zero-order valence-electron chi connectivity index (χ0n) is 21.3. The summed E-state index contributed by atoms with van der Waals surface area (Å²) >= 11 is 0.861. The van der Waals surface area contributed by atoms with Crippen molar-refractivity contribution in [1.82, 2.24) is 15.2 Å². The monoisotopic (exact) mass is 572 g/mol. The van der Waals surface area contributed by atoms with Gasteiger partial charge in [0.25, 0.3) is 5.91 Å². The molecule has 2 unspecified atom stereocenters. The van der Waals surface area contributed by atoms with Gasteiger partial charge in [0.2, 0.25) is 6.41 Å². The van der Waals surface area contributed by atoms with Gasteiger partial charge in [-0.2, -0.15) is 10.7 Å². The van der Waals surface area contributed by atoms with E-state index in [1.807, 2.05) is 6.07 Å². The normalized spacial score (nSPS) is 18.6. The SMILES string of the molecule is C=C(F)C(=O)N1CCN(C=O)C(CCN2NC(F)c3c(-c4ccc(F)c5sc(N)c(C#N)c45)c(F)cc(C)c32)C1. The van der Waals surface area contributed by atoms with Gasteiger partial charge in [0.1, 0.15) is 22.7 Å². The predicted molar refractivity (Wildman–Crippen MR) is 143 cm³/mol. The van der Waals surface area contributed by atoms with Crippen molar-refractivity contribution in [3.63, 3.8) is 0 Å². The topological polar surface area (TPSA) is 106 Å². The number of hydrazine groups is 1. The molecule has 2 aliphatic heterocycles. The number of piperazine rings is 1. The number of amides is 2. The summed E-state index contributed by atoms with van der Waals surface area (Å²) in [5.41, 5.74) is 9.42. The number of hydrogen-bond acceptors (Lipinski definition) is 7. The maximum atomic E-state index is 15.7. The fourth-order valence-electron chi connectivity index (χ4n) is 5.52. The first-order chi connectivity index (χ1) is 19.1. The Kier molecular flexibility index (Phi) is 7.16. The number of nitriles is 1. The molecule has 208 valence electrons. The fraction of sp³-hybridized carbons (Fsp3) is 0.296. The number of anilines is 2. The quantitative estimate of drug-likeness (QED) is 0.196. The molecule has 0 saturated carbocycles. The molecule has 3 N–H and O–H groups in total. The number of nitrogen functional groups attached to an aromatic ring is 1. The smallest absolute Gasteiger partial charge is 0.282 e. The fourth-order valence-corrected chi connectivity index (χ4v) is 6.47. The van der Waals surface area contributed by atoms with Gasteiger partial charge >= 0.3 is 0 Å². The second-order valence-corrected chi connectivity index (χ2v) is 10.7. The van der Waals surface area contributed by atoms with E-state index in [0.29, 0.717) is 17.7 Å². The summed E-state index contributed by atoms with van der Waals surface area (Å²) in [7, 11) is 0. The van der Waals surface area contributed by atoms with Gasteiger partial charge in [-0.05, 0) is 36.6 Å². The van der Waals surface area contributed by atoms with E-state index in [9.17, 15) is 23.6 Å². The summed E-state index contributed by atoms with van der Waals surface area (Å²) in [6.07, 6.45) is -0.923. The number of thiophene rings is 1. The van der Waals surface area contributed by atoms with E-state index in [-0.39, 0.29) is 69.9 Å². The van der Waals surface area contributed by atoms with Gasteiger partial charge in [-0.1, -0.05) is 12.6 Å². The lowest BCUT2D eigenvalue weighted by Crippen LogP contribution is -2.55. The first-order valence-electron chi connectivity index (χ1n) is 12.3. The second-order valence-electron chi connectivity index (χ2n) is 9.65. The van der Waals surface area contributed by atoms with Gasteiger partial charge in [-0.15, -0.1) is 11.3 Å². The molecule has 0 spiro atoms. The molecular formula is C27H24F4N6O2S. The van der Waals surface area contributed by atoms with Crippen molar-refractivity contribution in [2.75, 3.05) is 36.9 Å². The molecule has 3 aromatic rings. The number of nitrogens with zero attached hydrogens (tertiary/aromatic N) is 4. The van der Waals surface area contributed by atoms with Crippen LogP contribution >= 0.6 is 11.3 Å². The minimum atomic E-state index is -1.84. The molecule has 0 radical (unpaired) electrons. The number of nitrogens with two attached hydrogens (primary N) is 1. The van der Waals surface area contributed by atoms with Crippen LogP contribution in [0.3, 0.4) is 0 Å². The van der Waals surface area contributed by atoms with Crippen LogP contribution in [0, 0.1) is 29.9 Å². The van der Waals surface area contributed by atoms with Crippen LogP contribution in [0.2, 0.25) is 0 Å². The van der Waals surface area contributed by atoms with Crippen molar-refractivity contribution in [3.05, 3.63) is 58.9 Å². The predicted octanol–water partition coefficient (Wildman–Crippen LogP) is 4.44. The highest BCUT2D eigenvalue weighted by atomic mass is 32.1. The van der Waals surface area contributed by atoms with Gasteiger partial charge in [-0.25, -0.2) is 17.6 Å². The number of fused-ring (bicyclic) bond motifs is 2. The van der Waals surface area contributed by atoms with Crippen molar-refractivity contribution < 1.29 is 27.2 Å². The molecule has 0 aliphatic carbocycles. The number of carbonyl (C=O) groups excluding carboxylic acids is 2. The molecule has 1 fully saturated rings. The molecule has 5 rings (SSSR count). The summed E-state index contributed by atoms with van der Waals surface area (Å²) in [4.78, 5) is 26.5. The van der Waals surface area contributed by atoms with Crippen molar-refractivity contribution in [2.24, 2.45) is 0 Å². The molecule has 2 amide bonds. The van der Waals surface area contributed by atoms with Crippen molar-refractivity contribution >= 4 is 44.4 Å². The Morgan fingerprint density at radius 1 is 1.32 bits per heavy atom. The lowest BCUT2D eigenvalue weighted by molar-refractivity contribution is -0.135. The molecule has 1 aromatic heterocycles. The van der Waals surface area contributed by atoms with E-state index in [0.717, 1.165) is 17.4 Å². The average Bonchev–Trinajstić information content (AvgIpc) is 3.44. The third-order valence-electron chi connectivity index (χ3n) is 7.34. The summed E-state index contributed by atoms with van der Waals surface area (Å²) in [6, 6.07) is 5.14. The third-order valence-corrected chi connectivity index (χ3v) is 8.37. The van der Waals surface area contributed by atoms with Gasteiger partial charge < -0.3 is 20.5 Å². The number of rotatable bonds is 6. The van der Waals surface area contributed by atoms with E-state index in [1.54, 1.807) is 6.92 Å². The zero-order valence-corrected chi connectivity index (χ0v) is 22.1. The molecule has 2 aromatic carbocycles. The Morgan fingerprint density at radius 2 is 2.08 bits per heavy atom. The van der Waals surface area contributed by atoms with E-state index < -0.39 is 35.7 Å². The first-order valence-corrected chi connectivity index (χ1v) is 13.1. The molecule has 1 saturated heterocycles. The Hall–Kier alpha value is -4.15. The number of carbonyl (C=O) groups is 2. The van der Waals surface area contributed by atoms with Crippen molar-refractivity contribution in [3.8, 4) is 17.2 Å². The van der Waals surface area contributed by atoms with Gasteiger partial charge in [0.15, 0.2) is 12.1 Å². The maximum absolute atomic E-state index is 15.7. The largest absolute Gasteiger partial charge is 0.389 e. The lowest BCUT2D eigenvalue weighted by atomic mass is 9.91. The van der Waals surface area contributed by atoms with Crippen molar-refractivity contribution in [2.45, 2.75) is 25.7 Å². The molecule has 2 aliphatic rings. The summed E-state index contributed by atoms with van der Waals surface area (Å²) in [6.45, 7) is 5.24. The van der Waals surface area contributed by atoms with Crippen LogP contribution < -0.4 is 16.2 Å². The minimum absolute atomic E-state index is 0.0113. The number of aryl methyl sites for hydroxylation is 1. The molecule has 2 atom stereocenters. The standard InChI is InChI=1S/C27H24F4N6O2S/c1-13-9-19(30)21(16-3-4-18(29)24-20(16)17(10-32)26(33)40-24)22-23(13)37(34-25(22)31)6-5-15-11-35(27(39)14(2)28)7-8-36(15)12-38/h3-4,9,12,15,25,34H,2,5-8,11,33H2,1H3. The Labute approximate surface area is 230 Å². The Balaban J connectivity index is 1.52. The van der Waals surface area contributed by atoms with E-state index >= 15 is 8.78 Å². The zero-order chi connectivity index (χ0) is 28.9. The highest BCUT2D eigenvalue weighted by molar-refractivity contribution is 7.23. The molecule has 3 heterocycles. The second kappa shape index (κ2) is 10.4. The maximum Gasteiger partial charge on any atom is 0.282 e. The molecule has 13 heteroatoms. The summed E-state index contributed by atoms with van der Waals surface area (Å²) in [5, 5.41) is 11.4. The molecular weight excluding hydrogens is 548 g/mol. The van der Waals surface area contributed by atoms with Crippen LogP contribution in [0.1, 0.15) is 29.4 Å². The van der Waals surface area contributed by atoms with Crippen LogP contribution in [0.25, 0.3) is 21.2 Å². The van der Waals surface area contributed by atoms with Gasteiger partial charge in [-0.3, -0.25) is 9.59 Å². The first kappa shape index (κ1) is 27.4. The third kappa shape index (κ3) is 4.43. The van der Waals surface area contributed by atoms with Crippen LogP contribution in [0.4, 0.5) is 28.3 Å².